The zero-order valence-corrected chi connectivity index (χ0v) is 10.8. The summed E-state index contributed by atoms with van der Waals surface area (Å²) >= 11 is 0. The number of hydrogen-bond acceptors (Lipinski definition) is 2. The zero-order chi connectivity index (χ0) is 13.6. The Labute approximate surface area is 130 Å². The van der Waals surface area contributed by atoms with Crippen LogP contribution >= 0.6 is 0 Å². The quantitative estimate of drug-likeness (QED) is 0.456. The second-order valence-electron chi connectivity index (χ2n) is 2.51. The van der Waals surface area contributed by atoms with Crippen molar-refractivity contribution < 1.29 is 101 Å². The summed E-state index contributed by atoms with van der Waals surface area (Å²) < 4.78 is 106. The van der Waals surface area contributed by atoms with Crippen molar-refractivity contribution in [2.75, 3.05) is 0 Å². The summed E-state index contributed by atoms with van der Waals surface area (Å²) in [6, 6.07) is 0. The van der Waals surface area contributed by atoms with Crippen LogP contribution in [0, 0.1) is 0 Å². The normalized spacial score (nSPS) is 14.2. The molecule has 17 heavy (non-hydrogen) atoms. The smallest absolute Gasteiger partial charge is 0.544 e. The molecule has 0 amide bonds. The van der Waals surface area contributed by atoms with Crippen molar-refractivity contribution in [3.63, 3.8) is 0 Å². The summed E-state index contributed by atoms with van der Waals surface area (Å²) in [6.07, 6.45) is -7.03. The molecule has 0 saturated carbocycles. The number of rotatable bonds is 3. The van der Waals surface area contributed by atoms with Crippen molar-refractivity contribution in [1.82, 2.24) is 0 Å². The van der Waals surface area contributed by atoms with Gasteiger partial charge in [0.2, 0.25) is 0 Å². The molecule has 12 heteroatoms. The number of carbonyl (C=O) groups excluding carboxylic acids is 1. The van der Waals surface area contributed by atoms with Gasteiger partial charge in [0.1, 0.15) is 5.97 Å². The average molecular weight is 302 g/mol. The van der Waals surface area contributed by atoms with Crippen LogP contribution in [0.1, 0.15) is 0 Å². The molecule has 0 bridgehead atoms. The number of hydrogen-bond donors (Lipinski definition) is 0. The third-order valence-corrected chi connectivity index (χ3v) is 1.40. The van der Waals surface area contributed by atoms with Crippen molar-refractivity contribution in [3.05, 3.63) is 0 Å². The maximum Gasteiger partial charge on any atom is 1.00 e. The maximum atomic E-state index is 12.1. The number of halogens is 9. The van der Waals surface area contributed by atoms with Crippen LogP contribution in [0.3, 0.4) is 0 Å². The molecule has 0 aliphatic heterocycles. The Balaban J connectivity index is 0. The summed E-state index contributed by atoms with van der Waals surface area (Å²) in [5.74, 6) is -25.1. The van der Waals surface area contributed by atoms with E-state index >= 15 is 0 Å². The van der Waals surface area contributed by atoms with Crippen LogP contribution in [0.25, 0.3) is 0 Å². The second-order valence-corrected chi connectivity index (χ2v) is 2.51. The van der Waals surface area contributed by atoms with Gasteiger partial charge < -0.3 is 9.90 Å². The molecule has 0 saturated heterocycles. The van der Waals surface area contributed by atoms with Crippen molar-refractivity contribution >= 4 is 5.97 Å². The van der Waals surface area contributed by atoms with E-state index in [1.165, 1.54) is 0 Å². The van der Waals surface area contributed by atoms with Crippen molar-refractivity contribution in [2.24, 2.45) is 0 Å². The summed E-state index contributed by atoms with van der Waals surface area (Å²) in [5, 5.41) is 9.40. The first-order chi connectivity index (χ1) is 6.69. The van der Waals surface area contributed by atoms with Crippen LogP contribution in [0.15, 0.2) is 0 Å². The number of carboxylic acid groups (broad SMARTS) is 1. The Kier molecular flexibility index (Phi) is 6.09. The van der Waals surface area contributed by atoms with Gasteiger partial charge in [0, 0.05) is 0 Å². The number of aliphatic carboxylic acids is 1. The Morgan fingerprint density at radius 3 is 1.24 bits per heavy atom. The van der Waals surface area contributed by atoms with Gasteiger partial charge in [0.25, 0.3) is 0 Å². The number of alkyl halides is 9. The van der Waals surface area contributed by atoms with E-state index in [0.717, 1.165) is 0 Å². The largest absolute Gasteiger partial charge is 1.00 e. The third kappa shape index (κ3) is 3.08. The molecule has 2 nitrogen and oxygen atoms in total. The minimum Gasteiger partial charge on any atom is -0.544 e. The Hall–Kier alpha value is 0.476. The topological polar surface area (TPSA) is 40.1 Å². The van der Waals surface area contributed by atoms with Gasteiger partial charge in [-0.25, -0.2) is 0 Å². The van der Waals surface area contributed by atoms with Crippen LogP contribution in [0.5, 0.6) is 0 Å². The first-order valence-electron chi connectivity index (χ1n) is 3.11. The molecule has 0 aromatic carbocycles. The van der Waals surface area contributed by atoms with E-state index in [0.29, 0.717) is 0 Å². The third-order valence-electron chi connectivity index (χ3n) is 1.40. The SMILES string of the molecule is O=C([O-])C(F)(F)C(F)(F)C(F)(F)C(F)(F)F.[K+]. The van der Waals surface area contributed by atoms with Crippen LogP contribution < -0.4 is 56.5 Å². The average Bonchev–Trinajstić information content (AvgIpc) is 2.00. The Morgan fingerprint density at radius 2 is 1.06 bits per heavy atom. The second kappa shape index (κ2) is 5.23. The van der Waals surface area contributed by atoms with Gasteiger partial charge in [-0.1, -0.05) is 0 Å². The van der Waals surface area contributed by atoms with E-state index < -0.39 is 29.9 Å². The van der Waals surface area contributed by atoms with E-state index in [4.69, 9.17) is 0 Å². The predicted molar refractivity (Wildman–Crippen MR) is 25.9 cm³/mol. The van der Waals surface area contributed by atoms with Gasteiger partial charge >= 0.3 is 75.3 Å². The summed E-state index contributed by atoms with van der Waals surface area (Å²) in [6.45, 7) is 0. The van der Waals surface area contributed by atoms with Gasteiger partial charge in [-0.15, -0.1) is 0 Å². The molecule has 0 unspecified atom stereocenters. The molecule has 0 aromatic rings. The van der Waals surface area contributed by atoms with Gasteiger partial charge in [0.15, 0.2) is 0 Å². The number of carboxylic acids is 1. The van der Waals surface area contributed by atoms with Gasteiger partial charge in [-0.3, -0.25) is 0 Å². The number of carbonyl (C=O) groups is 1. The molecule has 0 fully saturated rings. The van der Waals surface area contributed by atoms with Crippen molar-refractivity contribution in [1.29, 1.82) is 0 Å². The molecule has 0 atom stereocenters. The van der Waals surface area contributed by atoms with E-state index in [9.17, 15) is 49.4 Å². The maximum absolute atomic E-state index is 12.1. The van der Waals surface area contributed by atoms with E-state index in [1.807, 2.05) is 0 Å². The first-order valence-corrected chi connectivity index (χ1v) is 3.11. The molecule has 0 radical (unpaired) electrons. The first kappa shape index (κ1) is 19.8. The van der Waals surface area contributed by atoms with E-state index in [2.05, 4.69) is 0 Å². The molecule has 0 aliphatic carbocycles. The van der Waals surface area contributed by atoms with Crippen LogP contribution in [-0.4, -0.2) is 29.9 Å². The molecule has 0 aromatic heterocycles. The summed E-state index contributed by atoms with van der Waals surface area (Å²) in [5.41, 5.74) is 0. The summed E-state index contributed by atoms with van der Waals surface area (Å²) in [4.78, 5) is 9.40. The molecule has 0 aliphatic rings. The fraction of sp³-hybridized carbons (Fsp3) is 0.800. The fourth-order valence-electron chi connectivity index (χ4n) is 0.503. The van der Waals surface area contributed by atoms with Crippen LogP contribution in [0.2, 0.25) is 0 Å². The molecular weight excluding hydrogens is 302 g/mol. The minimum absolute atomic E-state index is 0. The molecule has 0 heterocycles. The predicted octanol–water partition coefficient (Wildman–Crippen LogP) is -1.79. The standard InChI is InChI=1S/C5HF9O2.K/c6-2(7,1(15)16)3(8,9)4(10,11)5(12,13)14;/h(H,15,16);/q;+1/p-1. The monoisotopic (exact) mass is 302 g/mol. The van der Waals surface area contributed by atoms with E-state index in [-0.39, 0.29) is 51.4 Å². The molecular formula is C5F9KO2. The fourth-order valence-corrected chi connectivity index (χ4v) is 0.503. The molecule has 0 rings (SSSR count). The molecule has 0 spiro atoms. The van der Waals surface area contributed by atoms with Crippen LogP contribution in [0.4, 0.5) is 39.5 Å². The van der Waals surface area contributed by atoms with Gasteiger partial charge in [-0.05, 0) is 0 Å². The Bertz CT molecular complexity index is 296. The molecule has 96 valence electrons. The zero-order valence-electron chi connectivity index (χ0n) is 7.72. The van der Waals surface area contributed by atoms with Gasteiger partial charge in [-0.2, -0.15) is 39.5 Å². The minimum atomic E-state index is -7.20. The van der Waals surface area contributed by atoms with E-state index in [1.54, 1.807) is 0 Å². The summed E-state index contributed by atoms with van der Waals surface area (Å²) in [7, 11) is 0. The van der Waals surface area contributed by atoms with Gasteiger partial charge in [0.05, 0.1) is 0 Å². The Morgan fingerprint density at radius 1 is 0.765 bits per heavy atom. The van der Waals surface area contributed by atoms with Crippen LogP contribution in [-0.2, 0) is 4.79 Å². The molecule has 0 N–H and O–H groups in total. The van der Waals surface area contributed by atoms with Crippen molar-refractivity contribution in [2.45, 2.75) is 23.9 Å². The van der Waals surface area contributed by atoms with Crippen molar-refractivity contribution in [3.8, 4) is 0 Å².